The number of amides is 1. The summed E-state index contributed by atoms with van der Waals surface area (Å²) in [5.41, 5.74) is 1.06. The first-order chi connectivity index (χ1) is 6.16. The third-order valence-corrected chi connectivity index (χ3v) is 2.31. The number of carboxylic acid groups (broad SMARTS) is 1. The zero-order chi connectivity index (χ0) is 9.84. The van der Waals surface area contributed by atoms with E-state index in [1.54, 1.807) is 13.1 Å². The number of nitriles is 1. The molecule has 0 heterocycles. The third-order valence-electron chi connectivity index (χ3n) is 2.31. The van der Waals surface area contributed by atoms with E-state index < -0.39 is 6.09 Å². The first-order valence-corrected chi connectivity index (χ1v) is 4.27. The minimum atomic E-state index is -1.18. The summed E-state index contributed by atoms with van der Waals surface area (Å²) >= 11 is 0. The average molecular weight is 180 g/mol. The number of hydrogen-bond donors (Lipinski definition) is 1. The summed E-state index contributed by atoms with van der Waals surface area (Å²) in [6.45, 7) is 1.74. The molecule has 1 amide bonds. The minimum absolute atomic E-state index is 0.301. The van der Waals surface area contributed by atoms with Crippen LogP contribution in [0.4, 0.5) is 4.79 Å². The molecule has 1 aliphatic carbocycles. The van der Waals surface area contributed by atoms with Crippen molar-refractivity contribution in [1.82, 2.24) is 4.90 Å². The van der Waals surface area contributed by atoms with Gasteiger partial charge in [-0.25, -0.2) is 9.69 Å². The molecule has 1 unspecified atom stereocenters. The fourth-order valence-electron chi connectivity index (χ4n) is 1.54. The number of hydrogen-bond acceptors (Lipinski definition) is 2. The second kappa shape index (κ2) is 3.94. The molecular weight excluding hydrogens is 168 g/mol. The summed E-state index contributed by atoms with van der Waals surface area (Å²) in [6.07, 6.45) is 5.49. The fourth-order valence-corrected chi connectivity index (χ4v) is 1.54. The summed E-state index contributed by atoms with van der Waals surface area (Å²) in [7, 11) is 0. The Morgan fingerprint density at radius 2 is 2.54 bits per heavy atom. The van der Waals surface area contributed by atoms with Crippen LogP contribution >= 0.6 is 0 Å². The highest BCUT2D eigenvalue weighted by atomic mass is 16.4. The van der Waals surface area contributed by atoms with Crippen molar-refractivity contribution < 1.29 is 9.90 Å². The molecule has 0 aliphatic heterocycles. The van der Waals surface area contributed by atoms with Gasteiger partial charge in [-0.15, -0.1) is 0 Å². The Balaban J connectivity index is 2.70. The van der Waals surface area contributed by atoms with Gasteiger partial charge in [-0.05, 0) is 26.2 Å². The summed E-state index contributed by atoms with van der Waals surface area (Å²) in [4.78, 5) is 11.4. The van der Waals surface area contributed by atoms with Crippen molar-refractivity contribution in [3.63, 3.8) is 0 Å². The molecule has 0 saturated heterocycles. The summed E-state index contributed by atoms with van der Waals surface area (Å²) < 4.78 is 0. The molecule has 4 heteroatoms. The van der Waals surface area contributed by atoms with Crippen LogP contribution in [0, 0.1) is 11.5 Å². The molecule has 13 heavy (non-hydrogen) atoms. The van der Waals surface area contributed by atoms with E-state index >= 15 is 0 Å². The normalized spacial score (nSPS) is 17.4. The number of carbonyl (C=O) groups is 1. The third kappa shape index (κ3) is 2.00. The van der Waals surface area contributed by atoms with Crippen molar-refractivity contribution in [2.24, 2.45) is 0 Å². The monoisotopic (exact) mass is 180 g/mol. The summed E-state index contributed by atoms with van der Waals surface area (Å²) in [6, 6.07) is -0.301. The maximum absolute atomic E-state index is 10.6. The zero-order valence-corrected chi connectivity index (χ0v) is 7.53. The lowest BCUT2D eigenvalue weighted by molar-refractivity contribution is 0.158. The highest BCUT2D eigenvalue weighted by Gasteiger charge is 2.23. The van der Waals surface area contributed by atoms with Crippen LogP contribution in [0.3, 0.4) is 0 Å². The lowest BCUT2D eigenvalue weighted by atomic mass is 10.1. The van der Waals surface area contributed by atoms with Gasteiger partial charge in [-0.1, -0.05) is 11.6 Å². The Bertz CT molecular complexity index is 278. The molecule has 70 valence electrons. The SMILES string of the molecule is CC(C1=CCCC1)N(C#N)C(=O)O. The largest absolute Gasteiger partial charge is 0.464 e. The molecule has 0 bridgehead atoms. The molecular formula is C9H12N2O2. The van der Waals surface area contributed by atoms with Crippen LogP contribution in [-0.2, 0) is 0 Å². The van der Waals surface area contributed by atoms with Gasteiger partial charge >= 0.3 is 6.09 Å². The quantitative estimate of drug-likeness (QED) is 0.401. The van der Waals surface area contributed by atoms with Crippen LogP contribution in [0.25, 0.3) is 0 Å². The van der Waals surface area contributed by atoms with Crippen LogP contribution in [0.5, 0.6) is 0 Å². The topological polar surface area (TPSA) is 64.3 Å². The van der Waals surface area contributed by atoms with Gasteiger partial charge in [0.1, 0.15) is 0 Å². The van der Waals surface area contributed by atoms with E-state index in [0.717, 1.165) is 29.7 Å². The van der Waals surface area contributed by atoms with Gasteiger partial charge in [0.2, 0.25) is 0 Å². The van der Waals surface area contributed by atoms with Crippen molar-refractivity contribution in [3.05, 3.63) is 11.6 Å². The Morgan fingerprint density at radius 1 is 1.85 bits per heavy atom. The average Bonchev–Trinajstić information content (AvgIpc) is 2.56. The van der Waals surface area contributed by atoms with Gasteiger partial charge in [0, 0.05) is 0 Å². The van der Waals surface area contributed by atoms with Crippen LogP contribution in [0.1, 0.15) is 26.2 Å². The maximum Gasteiger partial charge on any atom is 0.421 e. The predicted molar refractivity (Wildman–Crippen MR) is 46.9 cm³/mol. The molecule has 4 nitrogen and oxygen atoms in total. The van der Waals surface area contributed by atoms with Crippen molar-refractivity contribution in [2.45, 2.75) is 32.2 Å². The van der Waals surface area contributed by atoms with E-state index in [1.165, 1.54) is 0 Å². The Labute approximate surface area is 77.1 Å². The van der Waals surface area contributed by atoms with Crippen LogP contribution in [0.2, 0.25) is 0 Å². The highest BCUT2D eigenvalue weighted by molar-refractivity contribution is 5.68. The molecule has 1 rings (SSSR count). The van der Waals surface area contributed by atoms with E-state index in [1.807, 2.05) is 6.08 Å². The second-order valence-corrected chi connectivity index (χ2v) is 3.10. The first kappa shape index (κ1) is 9.59. The van der Waals surface area contributed by atoms with Crippen molar-refractivity contribution in [1.29, 1.82) is 5.26 Å². The Hall–Kier alpha value is -1.50. The Morgan fingerprint density at radius 3 is 2.92 bits per heavy atom. The molecule has 1 atom stereocenters. The maximum atomic E-state index is 10.6. The standard InChI is InChI=1S/C9H12N2O2/c1-7(8-4-2-3-5-8)11(6-10)9(12)13/h4,7H,2-3,5H2,1H3,(H,12,13). The molecule has 0 spiro atoms. The van der Waals surface area contributed by atoms with Gasteiger partial charge in [-0.2, -0.15) is 5.26 Å². The molecule has 0 saturated carbocycles. The number of nitrogens with zero attached hydrogens (tertiary/aromatic N) is 2. The van der Waals surface area contributed by atoms with Gasteiger partial charge in [0.05, 0.1) is 6.04 Å². The van der Waals surface area contributed by atoms with Crippen LogP contribution in [-0.4, -0.2) is 22.1 Å². The first-order valence-electron chi connectivity index (χ1n) is 4.27. The van der Waals surface area contributed by atoms with Crippen molar-refractivity contribution in [2.75, 3.05) is 0 Å². The predicted octanol–water partition coefficient (Wildman–Crippen LogP) is 1.95. The highest BCUT2D eigenvalue weighted by Crippen LogP contribution is 2.23. The molecule has 0 aromatic carbocycles. The minimum Gasteiger partial charge on any atom is -0.464 e. The van der Waals surface area contributed by atoms with E-state index in [2.05, 4.69) is 0 Å². The molecule has 0 fully saturated rings. The van der Waals surface area contributed by atoms with Crippen molar-refractivity contribution >= 4 is 6.09 Å². The van der Waals surface area contributed by atoms with Gasteiger partial charge in [-0.3, -0.25) is 0 Å². The van der Waals surface area contributed by atoms with E-state index in [-0.39, 0.29) is 6.04 Å². The molecule has 1 aliphatic rings. The Kier molecular flexibility index (Phi) is 2.91. The van der Waals surface area contributed by atoms with E-state index in [9.17, 15) is 4.79 Å². The van der Waals surface area contributed by atoms with Gasteiger partial charge in [0.25, 0.3) is 0 Å². The molecule has 1 N–H and O–H groups in total. The van der Waals surface area contributed by atoms with E-state index in [4.69, 9.17) is 10.4 Å². The summed E-state index contributed by atoms with van der Waals surface area (Å²) in [5, 5.41) is 17.3. The lowest BCUT2D eigenvalue weighted by Gasteiger charge is -2.19. The van der Waals surface area contributed by atoms with E-state index in [0.29, 0.717) is 0 Å². The smallest absolute Gasteiger partial charge is 0.421 e. The second-order valence-electron chi connectivity index (χ2n) is 3.10. The van der Waals surface area contributed by atoms with Crippen LogP contribution < -0.4 is 0 Å². The molecule has 0 aromatic heterocycles. The zero-order valence-electron chi connectivity index (χ0n) is 7.53. The number of allylic oxidation sites excluding steroid dienone is 1. The fraction of sp³-hybridized carbons (Fsp3) is 0.556. The van der Waals surface area contributed by atoms with Gasteiger partial charge in [0.15, 0.2) is 6.19 Å². The summed E-state index contributed by atoms with van der Waals surface area (Å²) in [5.74, 6) is 0. The molecule has 0 aromatic rings. The molecule has 0 radical (unpaired) electrons. The van der Waals surface area contributed by atoms with Gasteiger partial charge < -0.3 is 5.11 Å². The van der Waals surface area contributed by atoms with Crippen molar-refractivity contribution in [3.8, 4) is 6.19 Å². The number of rotatable bonds is 2. The lowest BCUT2D eigenvalue weighted by Crippen LogP contribution is -2.34. The van der Waals surface area contributed by atoms with Crippen LogP contribution in [0.15, 0.2) is 11.6 Å².